The van der Waals surface area contributed by atoms with Crippen LogP contribution in [0.3, 0.4) is 0 Å². The van der Waals surface area contributed by atoms with Crippen molar-refractivity contribution in [2.45, 2.75) is 12.5 Å². The number of nitrogens with two attached hydrogens (primary N) is 1. The van der Waals surface area contributed by atoms with Crippen LogP contribution in [0.1, 0.15) is 5.56 Å². The molecule has 17 heavy (non-hydrogen) atoms. The van der Waals surface area contributed by atoms with E-state index < -0.39 is 5.85 Å². The number of dihydropyridines is 1. The van der Waals surface area contributed by atoms with E-state index in [2.05, 4.69) is 5.32 Å². The molecule has 0 aliphatic carbocycles. The summed E-state index contributed by atoms with van der Waals surface area (Å²) in [6.45, 7) is 0.236. The molecule has 1 aromatic rings. The molecule has 0 saturated carbocycles. The van der Waals surface area contributed by atoms with Gasteiger partial charge in [0.15, 0.2) is 0 Å². The fourth-order valence-corrected chi connectivity index (χ4v) is 1.94. The van der Waals surface area contributed by atoms with Crippen molar-refractivity contribution in [3.05, 3.63) is 58.2 Å². The van der Waals surface area contributed by atoms with E-state index in [0.717, 1.165) is 5.56 Å². The van der Waals surface area contributed by atoms with Crippen molar-refractivity contribution in [3.63, 3.8) is 0 Å². The Morgan fingerprint density at radius 1 is 1.24 bits per heavy atom. The van der Waals surface area contributed by atoms with Gasteiger partial charge in [-0.25, -0.2) is 0 Å². The molecule has 5 heteroatoms. The van der Waals surface area contributed by atoms with Gasteiger partial charge in [0.2, 0.25) is 5.85 Å². The average Bonchev–Trinajstić information content (AvgIpc) is 2.29. The molecule has 0 saturated heterocycles. The molecule has 1 aliphatic rings. The lowest BCUT2D eigenvalue weighted by Crippen LogP contribution is -2.52. The molecular weight excluding hydrogens is 259 g/mol. The SMILES string of the molecule is NC1(OCc2c(Cl)cccc2Cl)C=CC=CN1. The summed E-state index contributed by atoms with van der Waals surface area (Å²) in [4.78, 5) is 0. The van der Waals surface area contributed by atoms with Crippen molar-refractivity contribution in [1.82, 2.24) is 5.32 Å². The lowest BCUT2D eigenvalue weighted by atomic mass is 10.2. The fraction of sp³-hybridized carbons (Fsp3) is 0.167. The maximum Gasteiger partial charge on any atom is 0.213 e. The highest BCUT2D eigenvalue weighted by atomic mass is 35.5. The monoisotopic (exact) mass is 270 g/mol. The van der Waals surface area contributed by atoms with E-state index in [1.807, 2.05) is 12.2 Å². The zero-order valence-electron chi connectivity index (χ0n) is 8.99. The molecule has 0 radical (unpaired) electrons. The van der Waals surface area contributed by atoms with Gasteiger partial charge in [-0.3, -0.25) is 5.73 Å². The summed E-state index contributed by atoms with van der Waals surface area (Å²) in [5, 5.41) is 4.04. The molecule has 1 unspecified atom stereocenters. The lowest BCUT2D eigenvalue weighted by molar-refractivity contribution is -0.0320. The van der Waals surface area contributed by atoms with Crippen LogP contribution in [0.15, 0.2) is 42.6 Å². The van der Waals surface area contributed by atoms with E-state index in [1.165, 1.54) is 0 Å². The van der Waals surface area contributed by atoms with Gasteiger partial charge in [0.05, 0.1) is 6.61 Å². The van der Waals surface area contributed by atoms with Crippen molar-refractivity contribution in [3.8, 4) is 0 Å². The van der Waals surface area contributed by atoms with Gasteiger partial charge < -0.3 is 10.1 Å². The topological polar surface area (TPSA) is 47.3 Å². The first kappa shape index (κ1) is 12.5. The second kappa shape index (κ2) is 5.10. The quantitative estimate of drug-likeness (QED) is 0.831. The summed E-state index contributed by atoms with van der Waals surface area (Å²) in [6, 6.07) is 5.31. The summed E-state index contributed by atoms with van der Waals surface area (Å²) in [5.74, 6) is -1.02. The van der Waals surface area contributed by atoms with Crippen molar-refractivity contribution in [1.29, 1.82) is 0 Å². The van der Waals surface area contributed by atoms with Crippen LogP contribution in [0, 0.1) is 0 Å². The molecular formula is C12H12Cl2N2O. The van der Waals surface area contributed by atoms with Crippen LogP contribution >= 0.6 is 23.2 Å². The minimum atomic E-state index is -1.02. The summed E-state index contributed by atoms with van der Waals surface area (Å²) < 4.78 is 5.58. The Balaban J connectivity index is 2.07. The summed E-state index contributed by atoms with van der Waals surface area (Å²) >= 11 is 12.1. The molecule has 0 fully saturated rings. The van der Waals surface area contributed by atoms with Crippen LogP contribution in [0.25, 0.3) is 0 Å². The standard InChI is InChI=1S/C12H12Cl2N2O/c13-10-4-3-5-11(14)9(10)8-17-12(15)6-1-2-7-16-12/h1-7,16H,8,15H2. The van der Waals surface area contributed by atoms with Crippen molar-refractivity contribution < 1.29 is 4.74 Å². The van der Waals surface area contributed by atoms with Crippen molar-refractivity contribution in [2.24, 2.45) is 5.73 Å². The highest BCUT2D eigenvalue weighted by molar-refractivity contribution is 6.35. The highest BCUT2D eigenvalue weighted by Crippen LogP contribution is 2.26. The third-order valence-corrected chi connectivity index (χ3v) is 3.09. The van der Waals surface area contributed by atoms with Gasteiger partial charge >= 0.3 is 0 Å². The molecule has 0 aromatic heterocycles. The van der Waals surface area contributed by atoms with Gasteiger partial charge in [0.25, 0.3) is 0 Å². The Labute approximate surface area is 110 Å². The van der Waals surface area contributed by atoms with Gasteiger partial charge in [0, 0.05) is 21.8 Å². The van der Waals surface area contributed by atoms with Gasteiger partial charge in [-0.05, 0) is 24.3 Å². The first-order valence-corrected chi connectivity index (χ1v) is 5.84. The maximum atomic E-state index is 6.03. The van der Waals surface area contributed by atoms with Gasteiger partial charge in [-0.15, -0.1) is 0 Å². The first-order valence-electron chi connectivity index (χ1n) is 5.08. The molecule has 0 amide bonds. The lowest BCUT2D eigenvalue weighted by Gasteiger charge is -2.28. The van der Waals surface area contributed by atoms with E-state index in [9.17, 15) is 0 Å². The second-order valence-corrected chi connectivity index (χ2v) is 4.46. The molecule has 2 rings (SSSR count). The minimum absolute atomic E-state index is 0.236. The normalized spacial score (nSPS) is 22.5. The van der Waals surface area contributed by atoms with E-state index in [1.54, 1.807) is 30.5 Å². The van der Waals surface area contributed by atoms with Crippen molar-refractivity contribution >= 4 is 23.2 Å². The molecule has 1 heterocycles. The Morgan fingerprint density at radius 2 is 1.94 bits per heavy atom. The predicted molar refractivity (Wildman–Crippen MR) is 69.6 cm³/mol. The molecule has 1 aliphatic heterocycles. The molecule has 3 N–H and O–H groups in total. The molecule has 0 spiro atoms. The first-order chi connectivity index (χ1) is 8.11. The number of rotatable bonds is 3. The Bertz CT molecular complexity index is 453. The van der Waals surface area contributed by atoms with Crippen LogP contribution in [0.4, 0.5) is 0 Å². The predicted octanol–water partition coefficient (Wildman–Crippen LogP) is 2.80. The Kier molecular flexibility index (Phi) is 3.74. The maximum absolute atomic E-state index is 6.03. The Hall–Kier alpha value is -1.00. The van der Waals surface area contributed by atoms with E-state index >= 15 is 0 Å². The summed E-state index contributed by atoms with van der Waals surface area (Å²) in [7, 11) is 0. The minimum Gasteiger partial charge on any atom is -0.348 e. The zero-order chi connectivity index (χ0) is 12.3. The molecule has 90 valence electrons. The number of hydrogen-bond donors (Lipinski definition) is 2. The molecule has 3 nitrogen and oxygen atoms in total. The Morgan fingerprint density at radius 3 is 2.53 bits per heavy atom. The number of hydrogen-bond acceptors (Lipinski definition) is 3. The zero-order valence-corrected chi connectivity index (χ0v) is 10.5. The smallest absolute Gasteiger partial charge is 0.213 e. The number of nitrogens with one attached hydrogen (secondary N) is 1. The van der Waals surface area contributed by atoms with Crippen LogP contribution in [-0.2, 0) is 11.3 Å². The van der Waals surface area contributed by atoms with Crippen LogP contribution < -0.4 is 11.1 Å². The highest BCUT2D eigenvalue weighted by Gasteiger charge is 2.22. The van der Waals surface area contributed by atoms with Gasteiger partial charge in [-0.2, -0.15) is 0 Å². The van der Waals surface area contributed by atoms with Gasteiger partial charge in [0.1, 0.15) is 0 Å². The second-order valence-electron chi connectivity index (χ2n) is 3.64. The average molecular weight is 271 g/mol. The molecule has 0 bridgehead atoms. The molecule has 1 atom stereocenters. The van der Waals surface area contributed by atoms with Crippen LogP contribution in [0.5, 0.6) is 0 Å². The third-order valence-electron chi connectivity index (χ3n) is 2.38. The number of halogens is 2. The fourth-order valence-electron chi connectivity index (χ4n) is 1.43. The summed E-state index contributed by atoms with van der Waals surface area (Å²) in [5.41, 5.74) is 6.68. The van der Waals surface area contributed by atoms with E-state index in [-0.39, 0.29) is 6.61 Å². The van der Waals surface area contributed by atoms with Crippen LogP contribution in [-0.4, -0.2) is 5.85 Å². The number of benzene rings is 1. The van der Waals surface area contributed by atoms with Crippen molar-refractivity contribution in [2.75, 3.05) is 0 Å². The van der Waals surface area contributed by atoms with Gasteiger partial charge in [-0.1, -0.05) is 35.3 Å². The van der Waals surface area contributed by atoms with E-state index in [0.29, 0.717) is 10.0 Å². The number of ether oxygens (including phenoxy) is 1. The third kappa shape index (κ3) is 3.01. The largest absolute Gasteiger partial charge is 0.348 e. The number of allylic oxidation sites excluding steroid dienone is 2. The van der Waals surface area contributed by atoms with E-state index in [4.69, 9.17) is 33.7 Å². The van der Waals surface area contributed by atoms with Crippen LogP contribution in [0.2, 0.25) is 10.0 Å². The summed E-state index contributed by atoms with van der Waals surface area (Å²) in [6.07, 6.45) is 7.08. The molecule has 1 aromatic carbocycles.